The molecular formula is C10H12FNO3. The van der Waals surface area contributed by atoms with Crippen molar-refractivity contribution in [2.75, 3.05) is 14.2 Å². The van der Waals surface area contributed by atoms with E-state index in [0.717, 1.165) is 0 Å². The van der Waals surface area contributed by atoms with Crippen LogP contribution in [-0.4, -0.2) is 20.2 Å². The quantitative estimate of drug-likeness (QED) is 0.761. The van der Waals surface area contributed by atoms with Crippen LogP contribution in [0.4, 0.5) is 4.39 Å². The highest BCUT2D eigenvalue weighted by atomic mass is 19.1. The smallest absolute Gasteiger partial charge is 0.327 e. The summed E-state index contributed by atoms with van der Waals surface area (Å²) in [5, 5.41) is 0. The molecule has 1 aromatic carbocycles. The van der Waals surface area contributed by atoms with E-state index in [0.29, 0.717) is 0 Å². The molecule has 1 aromatic rings. The van der Waals surface area contributed by atoms with E-state index in [2.05, 4.69) is 4.74 Å². The van der Waals surface area contributed by atoms with Gasteiger partial charge in [0.1, 0.15) is 6.04 Å². The van der Waals surface area contributed by atoms with Gasteiger partial charge < -0.3 is 15.2 Å². The fourth-order valence-corrected chi connectivity index (χ4v) is 1.18. The molecule has 0 aliphatic heterocycles. The van der Waals surface area contributed by atoms with Crippen molar-refractivity contribution in [1.82, 2.24) is 0 Å². The maximum absolute atomic E-state index is 13.6. The third kappa shape index (κ3) is 2.24. The van der Waals surface area contributed by atoms with E-state index >= 15 is 0 Å². The Hall–Kier alpha value is -1.62. The van der Waals surface area contributed by atoms with Gasteiger partial charge in [0.25, 0.3) is 0 Å². The van der Waals surface area contributed by atoms with Crippen LogP contribution in [0.2, 0.25) is 0 Å². The first kappa shape index (κ1) is 11.5. The van der Waals surface area contributed by atoms with E-state index in [1.54, 1.807) is 6.07 Å². The van der Waals surface area contributed by atoms with E-state index in [1.807, 2.05) is 0 Å². The van der Waals surface area contributed by atoms with Gasteiger partial charge in [-0.2, -0.15) is 0 Å². The number of halogens is 1. The van der Waals surface area contributed by atoms with Crippen LogP contribution in [0.3, 0.4) is 0 Å². The molecule has 0 fully saturated rings. The van der Waals surface area contributed by atoms with Crippen LogP contribution in [0, 0.1) is 5.82 Å². The summed E-state index contributed by atoms with van der Waals surface area (Å²) in [5.74, 6) is -1.29. The van der Waals surface area contributed by atoms with Gasteiger partial charge in [0, 0.05) is 5.56 Å². The minimum atomic E-state index is -1.13. The second-order valence-electron chi connectivity index (χ2n) is 2.86. The van der Waals surface area contributed by atoms with Crippen LogP contribution in [0.5, 0.6) is 5.75 Å². The zero-order chi connectivity index (χ0) is 11.4. The van der Waals surface area contributed by atoms with Crippen molar-refractivity contribution in [2.45, 2.75) is 6.04 Å². The standard InChI is InChI=1S/C10H12FNO3/c1-14-7-5-3-4-6(8(7)11)9(12)10(13)15-2/h3-5,9H,12H2,1-2H3/t9-/m1/s1. The molecule has 0 radical (unpaired) electrons. The Balaban J connectivity index is 3.09. The molecule has 0 saturated carbocycles. The monoisotopic (exact) mass is 213 g/mol. The molecule has 0 saturated heterocycles. The van der Waals surface area contributed by atoms with Crippen molar-refractivity contribution in [3.05, 3.63) is 29.6 Å². The first-order valence-electron chi connectivity index (χ1n) is 4.27. The van der Waals surface area contributed by atoms with Gasteiger partial charge in [-0.1, -0.05) is 12.1 Å². The predicted molar refractivity (Wildman–Crippen MR) is 51.9 cm³/mol. The summed E-state index contributed by atoms with van der Waals surface area (Å²) in [6, 6.07) is 3.28. The minimum absolute atomic E-state index is 0.0480. The Morgan fingerprint density at radius 1 is 1.47 bits per heavy atom. The third-order valence-electron chi connectivity index (χ3n) is 2.00. The van der Waals surface area contributed by atoms with Crippen molar-refractivity contribution in [3.8, 4) is 5.75 Å². The Bertz CT molecular complexity index is 368. The molecule has 0 spiro atoms. The molecule has 82 valence electrons. The zero-order valence-electron chi connectivity index (χ0n) is 8.49. The largest absolute Gasteiger partial charge is 0.494 e. The maximum atomic E-state index is 13.6. The van der Waals surface area contributed by atoms with Crippen molar-refractivity contribution >= 4 is 5.97 Å². The molecule has 2 N–H and O–H groups in total. The van der Waals surface area contributed by atoms with Gasteiger partial charge in [-0.25, -0.2) is 4.39 Å². The van der Waals surface area contributed by atoms with Crippen molar-refractivity contribution in [2.24, 2.45) is 5.73 Å². The molecule has 4 nitrogen and oxygen atoms in total. The van der Waals surface area contributed by atoms with Crippen LogP contribution < -0.4 is 10.5 Å². The minimum Gasteiger partial charge on any atom is -0.494 e. The number of benzene rings is 1. The van der Waals surface area contributed by atoms with Crippen LogP contribution in [0.15, 0.2) is 18.2 Å². The molecule has 0 heterocycles. The van der Waals surface area contributed by atoms with E-state index in [4.69, 9.17) is 10.5 Å². The van der Waals surface area contributed by atoms with E-state index in [1.165, 1.54) is 26.4 Å². The molecule has 15 heavy (non-hydrogen) atoms. The van der Waals surface area contributed by atoms with Gasteiger partial charge in [-0.05, 0) is 6.07 Å². The van der Waals surface area contributed by atoms with Crippen LogP contribution >= 0.6 is 0 Å². The lowest BCUT2D eigenvalue weighted by Gasteiger charge is -2.12. The Morgan fingerprint density at radius 3 is 2.67 bits per heavy atom. The zero-order valence-corrected chi connectivity index (χ0v) is 8.49. The number of carbonyl (C=O) groups is 1. The number of hydrogen-bond acceptors (Lipinski definition) is 4. The summed E-state index contributed by atoms with van der Waals surface area (Å²) >= 11 is 0. The highest BCUT2D eigenvalue weighted by Crippen LogP contribution is 2.24. The van der Waals surface area contributed by atoms with Gasteiger partial charge >= 0.3 is 5.97 Å². The highest BCUT2D eigenvalue weighted by molar-refractivity contribution is 5.77. The number of nitrogens with two attached hydrogens (primary N) is 1. The number of methoxy groups -OCH3 is 2. The van der Waals surface area contributed by atoms with Gasteiger partial charge in [0.15, 0.2) is 11.6 Å². The van der Waals surface area contributed by atoms with Gasteiger partial charge in [0.05, 0.1) is 14.2 Å². The molecule has 0 aromatic heterocycles. The molecule has 1 atom stereocenters. The lowest BCUT2D eigenvalue weighted by Crippen LogP contribution is -2.23. The Labute approximate surface area is 86.8 Å². The topological polar surface area (TPSA) is 61.5 Å². The number of carbonyl (C=O) groups excluding carboxylic acids is 1. The SMILES string of the molecule is COC(=O)[C@H](N)c1cccc(OC)c1F. The summed E-state index contributed by atoms with van der Waals surface area (Å²) in [6.45, 7) is 0. The fourth-order valence-electron chi connectivity index (χ4n) is 1.18. The number of ether oxygens (including phenoxy) is 2. The molecule has 0 unspecified atom stereocenters. The van der Waals surface area contributed by atoms with Gasteiger partial charge in [-0.15, -0.1) is 0 Å². The molecule has 0 aliphatic rings. The number of hydrogen-bond donors (Lipinski definition) is 1. The summed E-state index contributed by atoms with van der Waals surface area (Å²) in [5.41, 5.74) is 5.56. The van der Waals surface area contributed by atoms with Crippen LogP contribution in [0.1, 0.15) is 11.6 Å². The van der Waals surface area contributed by atoms with E-state index < -0.39 is 17.8 Å². The van der Waals surface area contributed by atoms with Crippen LogP contribution in [0.25, 0.3) is 0 Å². The second-order valence-corrected chi connectivity index (χ2v) is 2.86. The first-order chi connectivity index (χ1) is 7.11. The molecule has 5 heteroatoms. The average molecular weight is 213 g/mol. The third-order valence-corrected chi connectivity index (χ3v) is 2.00. The van der Waals surface area contributed by atoms with Crippen molar-refractivity contribution in [3.63, 3.8) is 0 Å². The highest BCUT2D eigenvalue weighted by Gasteiger charge is 2.21. The lowest BCUT2D eigenvalue weighted by molar-refractivity contribution is -0.142. The van der Waals surface area contributed by atoms with Gasteiger partial charge in [-0.3, -0.25) is 4.79 Å². The van der Waals surface area contributed by atoms with E-state index in [-0.39, 0.29) is 11.3 Å². The predicted octanol–water partition coefficient (Wildman–Crippen LogP) is 1.01. The lowest BCUT2D eigenvalue weighted by atomic mass is 10.1. The second kappa shape index (κ2) is 4.75. The van der Waals surface area contributed by atoms with Gasteiger partial charge in [0.2, 0.25) is 0 Å². The molecule has 1 rings (SSSR count). The summed E-state index contributed by atoms with van der Waals surface area (Å²) in [7, 11) is 2.53. The summed E-state index contributed by atoms with van der Waals surface area (Å²) in [6.07, 6.45) is 0. The maximum Gasteiger partial charge on any atom is 0.327 e. The Kier molecular flexibility index (Phi) is 3.62. The van der Waals surface area contributed by atoms with E-state index in [9.17, 15) is 9.18 Å². The molecular weight excluding hydrogens is 201 g/mol. The van der Waals surface area contributed by atoms with Crippen LogP contribution in [-0.2, 0) is 9.53 Å². The summed E-state index contributed by atoms with van der Waals surface area (Å²) in [4.78, 5) is 11.1. The first-order valence-corrected chi connectivity index (χ1v) is 4.27. The Morgan fingerprint density at radius 2 is 2.13 bits per heavy atom. The number of esters is 1. The molecule has 0 aliphatic carbocycles. The van der Waals surface area contributed by atoms with Crippen molar-refractivity contribution in [1.29, 1.82) is 0 Å². The molecule has 0 bridgehead atoms. The fraction of sp³-hybridized carbons (Fsp3) is 0.300. The summed E-state index contributed by atoms with van der Waals surface area (Å²) < 4.78 is 22.8. The molecule has 0 amide bonds. The average Bonchev–Trinajstić information content (AvgIpc) is 2.27. The van der Waals surface area contributed by atoms with Crippen molar-refractivity contribution < 1.29 is 18.7 Å². The normalized spacial score (nSPS) is 12.0. The number of rotatable bonds is 3.